The molecule has 0 aliphatic heterocycles. The lowest BCUT2D eigenvalue weighted by atomic mass is 9.82. The van der Waals surface area contributed by atoms with Crippen molar-refractivity contribution in [3.63, 3.8) is 0 Å². The molecule has 1 nitrogen and oxygen atoms in total. The van der Waals surface area contributed by atoms with Gasteiger partial charge >= 0.3 is 0 Å². The van der Waals surface area contributed by atoms with Crippen molar-refractivity contribution in [2.75, 3.05) is 0 Å². The molecule has 0 fully saturated rings. The fraction of sp³-hybridized carbons (Fsp3) is 0.867. The number of hydrogen-bond acceptors (Lipinski definition) is 1. The lowest BCUT2D eigenvalue weighted by Crippen LogP contribution is -2.39. The van der Waals surface area contributed by atoms with Gasteiger partial charge in [-0.3, -0.25) is 0 Å². The van der Waals surface area contributed by atoms with Crippen molar-refractivity contribution in [1.29, 1.82) is 0 Å². The van der Waals surface area contributed by atoms with E-state index in [9.17, 15) is 0 Å². The molecule has 0 aliphatic carbocycles. The molecule has 0 saturated carbocycles. The quantitative estimate of drug-likeness (QED) is 0.567. The summed E-state index contributed by atoms with van der Waals surface area (Å²) in [6, 6.07) is 0. The zero-order valence-corrected chi connectivity index (χ0v) is 11.8. The summed E-state index contributed by atoms with van der Waals surface area (Å²) in [5.74, 6) is 0.731. The third-order valence-corrected chi connectivity index (χ3v) is 3.33. The van der Waals surface area contributed by atoms with E-state index in [2.05, 4.69) is 34.3 Å². The summed E-state index contributed by atoms with van der Waals surface area (Å²) in [7, 11) is 0. The van der Waals surface area contributed by atoms with Gasteiger partial charge in [-0.1, -0.05) is 39.2 Å². The molecule has 1 heteroatoms. The molecule has 0 bridgehead atoms. The molecule has 0 radical (unpaired) electrons. The minimum absolute atomic E-state index is 0.0901. The molecule has 2 N–H and O–H groups in total. The first kappa shape index (κ1) is 15.7. The van der Waals surface area contributed by atoms with Gasteiger partial charge in [-0.15, -0.1) is 6.58 Å². The number of nitrogens with two attached hydrogens (primary N) is 1. The maximum Gasteiger partial charge on any atom is 0.0154 e. The Labute approximate surface area is 102 Å². The molecular formula is C15H31N. The van der Waals surface area contributed by atoms with Crippen LogP contribution in [0, 0.1) is 5.92 Å². The highest BCUT2D eigenvalue weighted by molar-refractivity contribution is 4.91. The molecule has 96 valence electrons. The van der Waals surface area contributed by atoms with Crippen LogP contribution < -0.4 is 5.73 Å². The van der Waals surface area contributed by atoms with Crippen LogP contribution in [0.5, 0.6) is 0 Å². The Hall–Kier alpha value is -0.300. The SMILES string of the molecule is C=C(C)CC(C)CCC(N)(CCC)CCC. The normalized spacial score (nSPS) is 13.8. The predicted molar refractivity (Wildman–Crippen MR) is 74.6 cm³/mol. The fourth-order valence-corrected chi connectivity index (χ4v) is 2.60. The molecule has 0 aromatic rings. The second-order valence-electron chi connectivity index (χ2n) is 5.67. The zero-order chi connectivity index (χ0) is 12.6. The largest absolute Gasteiger partial charge is 0.325 e. The standard InChI is InChI=1S/C15H31N/c1-6-9-15(16,10-7-2)11-8-14(5)12-13(3)4/h14H,3,6-12,16H2,1-2,4-5H3. The first-order valence-corrected chi connectivity index (χ1v) is 6.86. The smallest absolute Gasteiger partial charge is 0.0154 e. The molecule has 0 spiro atoms. The van der Waals surface area contributed by atoms with Gasteiger partial charge in [-0.2, -0.15) is 0 Å². The van der Waals surface area contributed by atoms with Crippen molar-refractivity contribution in [1.82, 2.24) is 0 Å². The van der Waals surface area contributed by atoms with Gasteiger partial charge in [-0.05, 0) is 44.9 Å². The van der Waals surface area contributed by atoms with E-state index < -0.39 is 0 Å². The highest BCUT2D eigenvalue weighted by Gasteiger charge is 2.23. The van der Waals surface area contributed by atoms with E-state index in [1.54, 1.807) is 0 Å². The van der Waals surface area contributed by atoms with Gasteiger partial charge in [0.1, 0.15) is 0 Å². The van der Waals surface area contributed by atoms with Crippen molar-refractivity contribution < 1.29 is 0 Å². The Morgan fingerprint density at radius 2 is 1.69 bits per heavy atom. The second kappa shape index (κ2) is 7.89. The van der Waals surface area contributed by atoms with Crippen LogP contribution in [0.3, 0.4) is 0 Å². The molecular weight excluding hydrogens is 194 g/mol. The summed E-state index contributed by atoms with van der Waals surface area (Å²) in [6.45, 7) is 12.9. The van der Waals surface area contributed by atoms with Gasteiger partial charge in [-0.25, -0.2) is 0 Å². The van der Waals surface area contributed by atoms with E-state index in [1.807, 2.05) is 0 Å². The van der Waals surface area contributed by atoms with Crippen molar-refractivity contribution in [2.45, 2.75) is 78.2 Å². The first-order chi connectivity index (χ1) is 7.43. The van der Waals surface area contributed by atoms with E-state index in [1.165, 1.54) is 44.1 Å². The third kappa shape index (κ3) is 7.05. The Kier molecular flexibility index (Phi) is 7.74. The minimum Gasteiger partial charge on any atom is -0.325 e. The molecule has 1 unspecified atom stereocenters. The highest BCUT2D eigenvalue weighted by Crippen LogP contribution is 2.26. The van der Waals surface area contributed by atoms with Crippen LogP contribution >= 0.6 is 0 Å². The van der Waals surface area contributed by atoms with Crippen molar-refractivity contribution in [3.8, 4) is 0 Å². The Morgan fingerprint density at radius 1 is 1.19 bits per heavy atom. The maximum atomic E-state index is 6.48. The third-order valence-electron chi connectivity index (χ3n) is 3.33. The highest BCUT2D eigenvalue weighted by atomic mass is 14.7. The van der Waals surface area contributed by atoms with E-state index in [0.717, 1.165) is 12.3 Å². The van der Waals surface area contributed by atoms with Crippen LogP contribution in [-0.4, -0.2) is 5.54 Å². The number of hydrogen-bond donors (Lipinski definition) is 1. The van der Waals surface area contributed by atoms with Gasteiger partial charge < -0.3 is 5.73 Å². The molecule has 0 saturated heterocycles. The molecule has 0 amide bonds. The summed E-state index contributed by atoms with van der Waals surface area (Å²) >= 11 is 0. The fourth-order valence-electron chi connectivity index (χ4n) is 2.60. The summed E-state index contributed by atoms with van der Waals surface area (Å²) in [5, 5.41) is 0. The number of rotatable bonds is 9. The van der Waals surface area contributed by atoms with Gasteiger partial charge in [0.05, 0.1) is 0 Å². The minimum atomic E-state index is 0.0901. The van der Waals surface area contributed by atoms with Crippen LogP contribution in [0.25, 0.3) is 0 Å². The monoisotopic (exact) mass is 225 g/mol. The van der Waals surface area contributed by atoms with Gasteiger partial charge in [0.15, 0.2) is 0 Å². The molecule has 0 rings (SSSR count). The first-order valence-electron chi connectivity index (χ1n) is 6.86. The molecule has 0 aromatic carbocycles. The van der Waals surface area contributed by atoms with E-state index in [0.29, 0.717) is 0 Å². The Bertz CT molecular complexity index is 190. The lowest BCUT2D eigenvalue weighted by molar-refractivity contribution is 0.302. The van der Waals surface area contributed by atoms with E-state index in [4.69, 9.17) is 5.73 Å². The molecule has 0 aliphatic rings. The lowest BCUT2D eigenvalue weighted by Gasteiger charge is -2.30. The molecule has 1 atom stereocenters. The average molecular weight is 225 g/mol. The maximum absolute atomic E-state index is 6.48. The molecule has 0 heterocycles. The van der Waals surface area contributed by atoms with Crippen LogP contribution in [0.2, 0.25) is 0 Å². The van der Waals surface area contributed by atoms with Crippen LogP contribution in [-0.2, 0) is 0 Å². The van der Waals surface area contributed by atoms with Gasteiger partial charge in [0.2, 0.25) is 0 Å². The summed E-state index contributed by atoms with van der Waals surface area (Å²) in [6.07, 6.45) is 8.29. The van der Waals surface area contributed by atoms with Gasteiger partial charge in [0, 0.05) is 5.54 Å². The second-order valence-corrected chi connectivity index (χ2v) is 5.67. The van der Waals surface area contributed by atoms with Crippen LogP contribution in [0.4, 0.5) is 0 Å². The van der Waals surface area contributed by atoms with Gasteiger partial charge in [0.25, 0.3) is 0 Å². The van der Waals surface area contributed by atoms with Crippen molar-refractivity contribution >= 4 is 0 Å². The average Bonchev–Trinajstić information content (AvgIpc) is 2.15. The summed E-state index contributed by atoms with van der Waals surface area (Å²) in [4.78, 5) is 0. The Balaban J connectivity index is 4.05. The van der Waals surface area contributed by atoms with E-state index in [-0.39, 0.29) is 5.54 Å². The Morgan fingerprint density at radius 3 is 2.06 bits per heavy atom. The van der Waals surface area contributed by atoms with Crippen molar-refractivity contribution in [2.24, 2.45) is 11.7 Å². The predicted octanol–water partition coefficient (Wildman–Crippen LogP) is 4.67. The van der Waals surface area contributed by atoms with Crippen molar-refractivity contribution in [3.05, 3.63) is 12.2 Å². The summed E-state index contributed by atoms with van der Waals surface area (Å²) < 4.78 is 0. The topological polar surface area (TPSA) is 26.0 Å². The molecule has 0 aromatic heterocycles. The number of allylic oxidation sites excluding steroid dienone is 1. The van der Waals surface area contributed by atoms with Crippen LogP contribution in [0.1, 0.15) is 72.6 Å². The zero-order valence-electron chi connectivity index (χ0n) is 11.8. The summed E-state index contributed by atoms with van der Waals surface area (Å²) in [5.41, 5.74) is 7.86. The van der Waals surface area contributed by atoms with Crippen LogP contribution in [0.15, 0.2) is 12.2 Å². The molecule has 16 heavy (non-hydrogen) atoms. The van der Waals surface area contributed by atoms with E-state index >= 15 is 0 Å².